The van der Waals surface area contributed by atoms with E-state index in [2.05, 4.69) is 22.5 Å². The standard InChI is InChI=1S/C19H19FN4O.C2HF3O2/c20-15-8-14-11-24(23-18(14)17(9-15)19(21)25)16-5-3-12(4-6-16)13-2-1-7-22-10-13;3-2(4,5)1(6)7/h3-6,8-9,11,13,22H,1-2,7,10H2,(H2,21,25);(H,6,7). The van der Waals surface area contributed by atoms with E-state index in [9.17, 15) is 22.4 Å². The zero-order valence-corrected chi connectivity index (χ0v) is 16.7. The summed E-state index contributed by atoms with van der Waals surface area (Å²) in [5.41, 5.74) is 8.01. The Morgan fingerprint density at radius 3 is 2.38 bits per heavy atom. The molecule has 0 saturated carbocycles. The van der Waals surface area contributed by atoms with Gasteiger partial charge in [0.2, 0.25) is 0 Å². The van der Waals surface area contributed by atoms with Gasteiger partial charge in [-0.15, -0.1) is 0 Å². The zero-order valence-electron chi connectivity index (χ0n) is 16.7. The number of piperidine rings is 1. The summed E-state index contributed by atoms with van der Waals surface area (Å²) in [6, 6.07) is 10.7. The van der Waals surface area contributed by atoms with Crippen LogP contribution >= 0.6 is 0 Å². The van der Waals surface area contributed by atoms with Gasteiger partial charge >= 0.3 is 12.1 Å². The molecule has 0 aliphatic carbocycles. The summed E-state index contributed by atoms with van der Waals surface area (Å²) >= 11 is 0. The van der Waals surface area contributed by atoms with Gasteiger partial charge in [0.15, 0.2) is 0 Å². The molecule has 2 heterocycles. The van der Waals surface area contributed by atoms with Crippen LogP contribution in [0.25, 0.3) is 16.6 Å². The van der Waals surface area contributed by atoms with E-state index >= 15 is 0 Å². The maximum atomic E-state index is 13.7. The number of fused-ring (bicyclic) bond motifs is 1. The second-order valence-electron chi connectivity index (χ2n) is 7.27. The van der Waals surface area contributed by atoms with E-state index in [-0.39, 0.29) is 5.56 Å². The molecule has 1 fully saturated rings. The van der Waals surface area contributed by atoms with Gasteiger partial charge in [0.05, 0.1) is 11.3 Å². The van der Waals surface area contributed by atoms with Crippen molar-refractivity contribution in [2.45, 2.75) is 24.9 Å². The number of halogens is 4. The minimum Gasteiger partial charge on any atom is -0.475 e. The van der Waals surface area contributed by atoms with E-state index in [1.807, 2.05) is 12.1 Å². The Hall–Kier alpha value is -3.47. The average molecular weight is 452 g/mol. The molecule has 2 aromatic carbocycles. The molecular weight excluding hydrogens is 432 g/mol. The largest absolute Gasteiger partial charge is 0.490 e. The first-order valence-corrected chi connectivity index (χ1v) is 9.66. The second kappa shape index (κ2) is 9.35. The Kier molecular flexibility index (Phi) is 6.78. The minimum atomic E-state index is -5.08. The van der Waals surface area contributed by atoms with Crippen LogP contribution in [-0.4, -0.2) is 46.0 Å². The van der Waals surface area contributed by atoms with Gasteiger partial charge in [-0.05, 0) is 55.1 Å². The smallest absolute Gasteiger partial charge is 0.475 e. The molecule has 0 spiro atoms. The predicted octanol–water partition coefficient (Wildman–Crippen LogP) is 3.36. The third-order valence-electron chi connectivity index (χ3n) is 5.01. The van der Waals surface area contributed by atoms with Crippen molar-refractivity contribution in [2.75, 3.05) is 13.1 Å². The number of alkyl halides is 3. The van der Waals surface area contributed by atoms with Crippen LogP contribution in [0.1, 0.15) is 34.7 Å². The van der Waals surface area contributed by atoms with E-state index in [1.165, 1.54) is 24.5 Å². The van der Waals surface area contributed by atoms with Gasteiger partial charge < -0.3 is 16.2 Å². The number of nitrogens with one attached hydrogen (secondary N) is 1. The highest BCUT2D eigenvalue weighted by atomic mass is 19.4. The number of carboxylic acids is 1. The lowest BCUT2D eigenvalue weighted by atomic mass is 9.92. The summed E-state index contributed by atoms with van der Waals surface area (Å²) in [5, 5.41) is 15.5. The Bertz CT molecular complexity index is 1120. The van der Waals surface area contributed by atoms with Crippen molar-refractivity contribution in [3.05, 3.63) is 59.5 Å². The number of primary amides is 1. The first-order valence-electron chi connectivity index (χ1n) is 9.66. The van der Waals surface area contributed by atoms with Crippen molar-refractivity contribution in [3.63, 3.8) is 0 Å². The Morgan fingerprint density at radius 1 is 1.19 bits per heavy atom. The molecule has 1 unspecified atom stereocenters. The summed E-state index contributed by atoms with van der Waals surface area (Å²) in [6.07, 6.45) is -0.986. The molecule has 1 saturated heterocycles. The number of carbonyl (C=O) groups is 2. The number of amides is 1. The molecule has 1 aliphatic heterocycles. The Morgan fingerprint density at radius 2 is 1.84 bits per heavy atom. The number of carboxylic acid groups (broad SMARTS) is 1. The fourth-order valence-electron chi connectivity index (χ4n) is 3.45. The van der Waals surface area contributed by atoms with Gasteiger partial charge in [0, 0.05) is 18.1 Å². The van der Waals surface area contributed by atoms with Crippen molar-refractivity contribution >= 4 is 22.8 Å². The van der Waals surface area contributed by atoms with E-state index < -0.39 is 23.9 Å². The molecule has 170 valence electrons. The number of hydrogen-bond donors (Lipinski definition) is 3. The van der Waals surface area contributed by atoms with Crippen LogP contribution < -0.4 is 11.1 Å². The lowest BCUT2D eigenvalue weighted by Gasteiger charge is -2.23. The van der Waals surface area contributed by atoms with Gasteiger partial charge in [-0.1, -0.05) is 12.1 Å². The predicted molar refractivity (Wildman–Crippen MR) is 108 cm³/mol. The molecule has 7 nitrogen and oxygen atoms in total. The van der Waals surface area contributed by atoms with Crippen LogP contribution in [0.15, 0.2) is 42.6 Å². The molecule has 0 bridgehead atoms. The molecule has 1 amide bonds. The van der Waals surface area contributed by atoms with E-state index in [0.717, 1.165) is 24.8 Å². The molecule has 11 heteroatoms. The summed E-state index contributed by atoms with van der Waals surface area (Å²) in [5.74, 6) is -3.40. The molecule has 32 heavy (non-hydrogen) atoms. The number of benzene rings is 2. The van der Waals surface area contributed by atoms with Crippen LogP contribution in [0.2, 0.25) is 0 Å². The molecule has 4 rings (SSSR count). The fraction of sp³-hybridized carbons (Fsp3) is 0.286. The number of nitrogens with two attached hydrogens (primary N) is 1. The number of hydrogen-bond acceptors (Lipinski definition) is 4. The van der Waals surface area contributed by atoms with Gasteiger partial charge in [-0.25, -0.2) is 13.9 Å². The summed E-state index contributed by atoms with van der Waals surface area (Å²) in [4.78, 5) is 20.4. The molecule has 1 aromatic heterocycles. The highest BCUT2D eigenvalue weighted by molar-refractivity contribution is 6.04. The molecule has 4 N–H and O–H groups in total. The van der Waals surface area contributed by atoms with Gasteiger partial charge in [-0.2, -0.15) is 18.3 Å². The number of rotatable bonds is 3. The number of carbonyl (C=O) groups excluding carboxylic acids is 1. The topological polar surface area (TPSA) is 110 Å². The van der Waals surface area contributed by atoms with Crippen LogP contribution in [-0.2, 0) is 4.79 Å². The lowest BCUT2D eigenvalue weighted by molar-refractivity contribution is -0.192. The third-order valence-corrected chi connectivity index (χ3v) is 5.01. The van der Waals surface area contributed by atoms with Crippen molar-refractivity contribution < 1.29 is 32.3 Å². The minimum absolute atomic E-state index is 0.0960. The third kappa shape index (κ3) is 5.41. The molecule has 0 radical (unpaired) electrons. The zero-order chi connectivity index (χ0) is 23.5. The number of nitrogens with zero attached hydrogens (tertiary/aromatic N) is 2. The van der Waals surface area contributed by atoms with Crippen LogP contribution in [0.4, 0.5) is 17.6 Å². The molecule has 1 aliphatic rings. The molecule has 1 atom stereocenters. The molecule has 3 aromatic rings. The van der Waals surface area contributed by atoms with Crippen LogP contribution in [0.3, 0.4) is 0 Å². The van der Waals surface area contributed by atoms with Crippen molar-refractivity contribution in [2.24, 2.45) is 5.73 Å². The lowest BCUT2D eigenvalue weighted by Crippen LogP contribution is -2.28. The Balaban J connectivity index is 0.000000360. The van der Waals surface area contributed by atoms with Crippen LogP contribution in [0, 0.1) is 5.82 Å². The maximum Gasteiger partial charge on any atom is 0.490 e. The Labute approximate surface area is 179 Å². The second-order valence-corrected chi connectivity index (χ2v) is 7.27. The number of aromatic nitrogens is 2. The summed E-state index contributed by atoms with van der Waals surface area (Å²) < 4.78 is 47.1. The van der Waals surface area contributed by atoms with Gasteiger partial charge in [-0.3, -0.25) is 4.79 Å². The summed E-state index contributed by atoms with van der Waals surface area (Å²) in [7, 11) is 0. The molecular formula is C21H20F4N4O3. The van der Waals surface area contributed by atoms with Gasteiger partial charge in [0.1, 0.15) is 11.3 Å². The van der Waals surface area contributed by atoms with Gasteiger partial charge in [0.25, 0.3) is 5.91 Å². The summed E-state index contributed by atoms with van der Waals surface area (Å²) in [6.45, 7) is 2.10. The number of aliphatic carboxylic acids is 1. The fourth-order valence-corrected chi connectivity index (χ4v) is 3.45. The van der Waals surface area contributed by atoms with E-state index in [4.69, 9.17) is 15.6 Å². The van der Waals surface area contributed by atoms with Crippen molar-refractivity contribution in [3.8, 4) is 5.69 Å². The van der Waals surface area contributed by atoms with E-state index in [0.29, 0.717) is 16.8 Å². The SMILES string of the molecule is NC(=O)c1cc(F)cc2cn(-c3ccc(C4CCCNC4)cc3)nc12.O=C(O)C(F)(F)F. The van der Waals surface area contributed by atoms with E-state index in [1.54, 1.807) is 10.9 Å². The maximum absolute atomic E-state index is 13.7. The highest BCUT2D eigenvalue weighted by Crippen LogP contribution is 2.25. The first kappa shape index (κ1) is 23.2. The normalized spacial score (nSPS) is 16.3. The van der Waals surface area contributed by atoms with Crippen molar-refractivity contribution in [1.29, 1.82) is 0 Å². The van der Waals surface area contributed by atoms with Crippen LogP contribution in [0.5, 0.6) is 0 Å². The highest BCUT2D eigenvalue weighted by Gasteiger charge is 2.38. The quantitative estimate of drug-likeness (QED) is 0.528. The first-order chi connectivity index (χ1) is 15.1. The van der Waals surface area contributed by atoms with Crippen molar-refractivity contribution in [1.82, 2.24) is 15.1 Å². The average Bonchev–Trinajstić information content (AvgIpc) is 3.17. The monoisotopic (exact) mass is 452 g/mol.